The van der Waals surface area contributed by atoms with Gasteiger partial charge in [0, 0.05) is 54.0 Å². The molecule has 0 radical (unpaired) electrons. The van der Waals surface area contributed by atoms with E-state index in [0.29, 0.717) is 23.8 Å². The molecule has 2 aliphatic heterocycles. The molecule has 2 saturated heterocycles. The normalized spacial score (nSPS) is 20.0. The molecule has 0 aliphatic carbocycles. The molecule has 2 atom stereocenters. The number of fused-ring (bicyclic) bond motifs is 2. The van der Waals surface area contributed by atoms with Crippen LogP contribution in [0.25, 0.3) is 11.3 Å². The van der Waals surface area contributed by atoms with Gasteiger partial charge in [-0.15, -0.1) is 0 Å². The number of hydrogen-bond acceptors (Lipinski definition) is 7. The summed E-state index contributed by atoms with van der Waals surface area (Å²) < 4.78 is 0. The van der Waals surface area contributed by atoms with E-state index in [1.54, 1.807) is 6.20 Å². The maximum Gasteiger partial charge on any atom is 0.227 e. The number of pyridine rings is 1. The topological polar surface area (TPSA) is 83.2 Å². The molecule has 7 nitrogen and oxygen atoms in total. The molecule has 0 unspecified atom stereocenters. The van der Waals surface area contributed by atoms with E-state index >= 15 is 0 Å². The summed E-state index contributed by atoms with van der Waals surface area (Å²) in [6.45, 7) is 11.2. The summed E-state index contributed by atoms with van der Waals surface area (Å²) in [7, 11) is 2.24. The van der Waals surface area contributed by atoms with Crippen LogP contribution in [0.2, 0.25) is 0 Å². The SMILES string of the molecule is Cc1cc(Nc2nccc(-c3ccc(CCC(C)(C)C)nc3N)n2)ccc1N1C[C@@H]2C[C@H]1CN2C. The number of hydrogen-bond donors (Lipinski definition) is 2. The second-order valence-corrected chi connectivity index (χ2v) is 11.3. The number of piperazine rings is 1. The van der Waals surface area contributed by atoms with Gasteiger partial charge >= 0.3 is 0 Å². The predicted octanol–water partition coefficient (Wildman–Crippen LogP) is 5.04. The van der Waals surface area contributed by atoms with E-state index in [4.69, 9.17) is 10.7 Å². The molecule has 2 aromatic heterocycles. The molecule has 3 N–H and O–H groups in total. The molecule has 35 heavy (non-hydrogen) atoms. The molecule has 7 heteroatoms. The van der Waals surface area contributed by atoms with E-state index in [1.165, 1.54) is 17.7 Å². The summed E-state index contributed by atoms with van der Waals surface area (Å²) in [6.07, 6.45) is 5.01. The zero-order chi connectivity index (χ0) is 24.7. The van der Waals surface area contributed by atoms with E-state index in [0.717, 1.165) is 48.6 Å². The van der Waals surface area contributed by atoms with Crippen molar-refractivity contribution in [3.63, 3.8) is 0 Å². The number of nitrogen functional groups attached to an aromatic ring is 1. The number of anilines is 4. The smallest absolute Gasteiger partial charge is 0.227 e. The third-order valence-corrected chi connectivity index (χ3v) is 7.32. The molecule has 1 aromatic carbocycles. The standard InChI is InChI=1S/C28H37N7/c1-18-14-20(7-9-25(18)35-17-21-15-22(35)16-34(21)5)32-27-30-13-11-24(33-27)23-8-6-19(31-26(23)29)10-12-28(2,3)4/h6-9,11,13-14,21-22H,10,12,15-17H2,1-5H3,(H2,29,31)(H,30,32,33)/t21-,22-/m0/s1. The Balaban J connectivity index is 1.30. The van der Waals surface area contributed by atoms with Gasteiger partial charge in [-0.05, 0) is 80.6 Å². The van der Waals surface area contributed by atoms with Crippen molar-refractivity contribution in [1.82, 2.24) is 19.9 Å². The molecule has 2 aliphatic rings. The number of likely N-dealkylation sites (N-methyl/N-ethyl adjacent to an activating group) is 1. The highest BCUT2D eigenvalue weighted by molar-refractivity contribution is 5.72. The lowest BCUT2D eigenvalue weighted by molar-refractivity contribution is 0.292. The van der Waals surface area contributed by atoms with Gasteiger partial charge in [-0.3, -0.25) is 4.90 Å². The van der Waals surface area contributed by atoms with Crippen LogP contribution in [0, 0.1) is 12.3 Å². The van der Waals surface area contributed by atoms with Crippen molar-refractivity contribution in [3.05, 3.63) is 53.9 Å². The lowest BCUT2D eigenvalue weighted by atomic mass is 9.90. The molecule has 0 saturated carbocycles. The summed E-state index contributed by atoms with van der Waals surface area (Å²) in [4.78, 5) is 18.8. The lowest BCUT2D eigenvalue weighted by Gasteiger charge is -2.34. The highest BCUT2D eigenvalue weighted by atomic mass is 15.3. The van der Waals surface area contributed by atoms with Crippen LogP contribution in [0.1, 0.15) is 44.9 Å². The summed E-state index contributed by atoms with van der Waals surface area (Å²) in [5.41, 5.74) is 12.8. The first kappa shape index (κ1) is 23.5. The van der Waals surface area contributed by atoms with Crippen molar-refractivity contribution in [2.75, 3.05) is 36.1 Å². The molecule has 3 aromatic rings. The van der Waals surface area contributed by atoms with E-state index < -0.39 is 0 Å². The molecular weight excluding hydrogens is 434 g/mol. The number of aryl methyl sites for hydroxylation is 2. The van der Waals surface area contributed by atoms with Crippen LogP contribution < -0.4 is 16.0 Å². The van der Waals surface area contributed by atoms with Crippen LogP contribution in [0.3, 0.4) is 0 Å². The quantitative estimate of drug-likeness (QED) is 0.521. The Bertz CT molecular complexity index is 1210. The van der Waals surface area contributed by atoms with E-state index in [1.807, 2.05) is 12.1 Å². The molecule has 184 valence electrons. The summed E-state index contributed by atoms with van der Waals surface area (Å²) in [5, 5.41) is 3.37. The minimum Gasteiger partial charge on any atom is -0.383 e. The fraction of sp³-hybridized carbons (Fsp3) is 0.464. The van der Waals surface area contributed by atoms with E-state index in [2.05, 4.69) is 84.1 Å². The van der Waals surface area contributed by atoms with Crippen LogP contribution in [0.15, 0.2) is 42.6 Å². The monoisotopic (exact) mass is 471 g/mol. The number of nitrogens with zero attached hydrogens (tertiary/aromatic N) is 5. The average Bonchev–Trinajstić information content (AvgIpc) is 3.37. The fourth-order valence-corrected chi connectivity index (χ4v) is 5.29. The number of aromatic nitrogens is 3. The second-order valence-electron chi connectivity index (χ2n) is 11.3. The van der Waals surface area contributed by atoms with Gasteiger partial charge in [-0.25, -0.2) is 15.0 Å². The first-order valence-corrected chi connectivity index (χ1v) is 12.6. The third-order valence-electron chi connectivity index (χ3n) is 7.32. The van der Waals surface area contributed by atoms with Gasteiger partial charge in [0.1, 0.15) is 5.82 Å². The maximum atomic E-state index is 6.33. The number of nitrogens with two attached hydrogens (primary N) is 1. The minimum absolute atomic E-state index is 0.268. The van der Waals surface area contributed by atoms with Crippen LogP contribution in [0.5, 0.6) is 0 Å². The second kappa shape index (κ2) is 9.11. The number of nitrogens with one attached hydrogen (secondary N) is 1. The Morgan fingerprint density at radius 3 is 2.54 bits per heavy atom. The summed E-state index contributed by atoms with van der Waals surface area (Å²) >= 11 is 0. The van der Waals surface area contributed by atoms with E-state index in [9.17, 15) is 0 Å². The van der Waals surface area contributed by atoms with Crippen molar-refractivity contribution in [2.45, 2.75) is 59.0 Å². The zero-order valence-electron chi connectivity index (χ0n) is 21.5. The molecule has 5 rings (SSSR count). The van der Waals surface area contributed by atoms with Crippen LogP contribution in [-0.2, 0) is 6.42 Å². The van der Waals surface area contributed by atoms with Gasteiger partial charge in [0.2, 0.25) is 5.95 Å². The van der Waals surface area contributed by atoms with Crippen molar-refractivity contribution < 1.29 is 0 Å². The Morgan fingerprint density at radius 2 is 1.89 bits per heavy atom. The minimum atomic E-state index is 0.268. The average molecular weight is 472 g/mol. The maximum absolute atomic E-state index is 6.33. The Morgan fingerprint density at radius 1 is 1.06 bits per heavy atom. The van der Waals surface area contributed by atoms with Crippen LogP contribution in [0.4, 0.5) is 23.1 Å². The highest BCUT2D eigenvalue weighted by Gasteiger charge is 2.41. The van der Waals surface area contributed by atoms with Crippen molar-refractivity contribution in [2.24, 2.45) is 5.41 Å². The van der Waals surface area contributed by atoms with Gasteiger partial charge < -0.3 is 16.0 Å². The fourth-order valence-electron chi connectivity index (χ4n) is 5.29. The molecule has 4 heterocycles. The predicted molar refractivity (Wildman–Crippen MR) is 144 cm³/mol. The van der Waals surface area contributed by atoms with Crippen LogP contribution in [-0.4, -0.2) is 52.1 Å². The van der Waals surface area contributed by atoms with Gasteiger partial charge in [-0.1, -0.05) is 20.8 Å². The molecule has 2 fully saturated rings. The van der Waals surface area contributed by atoms with Gasteiger partial charge in [0.15, 0.2) is 0 Å². The number of benzene rings is 1. The van der Waals surface area contributed by atoms with Gasteiger partial charge in [-0.2, -0.15) is 0 Å². The van der Waals surface area contributed by atoms with Crippen molar-refractivity contribution in [1.29, 1.82) is 0 Å². The van der Waals surface area contributed by atoms with Gasteiger partial charge in [0.25, 0.3) is 0 Å². The van der Waals surface area contributed by atoms with Crippen molar-refractivity contribution in [3.8, 4) is 11.3 Å². The number of rotatable bonds is 6. The molecular formula is C28H37N7. The summed E-state index contributed by atoms with van der Waals surface area (Å²) in [5.74, 6) is 1.06. The summed E-state index contributed by atoms with van der Waals surface area (Å²) in [6, 6.07) is 13.8. The zero-order valence-corrected chi connectivity index (χ0v) is 21.5. The molecule has 0 spiro atoms. The highest BCUT2D eigenvalue weighted by Crippen LogP contribution is 2.36. The molecule has 2 bridgehead atoms. The molecule has 0 amide bonds. The van der Waals surface area contributed by atoms with Crippen LogP contribution >= 0.6 is 0 Å². The first-order chi connectivity index (χ1) is 16.7. The lowest BCUT2D eigenvalue weighted by Crippen LogP contribution is -2.44. The largest absolute Gasteiger partial charge is 0.383 e. The third kappa shape index (κ3) is 5.10. The van der Waals surface area contributed by atoms with Gasteiger partial charge in [0.05, 0.1) is 5.69 Å². The number of likely N-dealkylation sites (tertiary alicyclic amines) is 1. The van der Waals surface area contributed by atoms with Crippen molar-refractivity contribution >= 4 is 23.1 Å². The Kier molecular flexibility index (Phi) is 6.13. The Hall–Kier alpha value is -3.19. The first-order valence-electron chi connectivity index (χ1n) is 12.6. The van der Waals surface area contributed by atoms with E-state index in [-0.39, 0.29) is 5.41 Å². The Labute approximate surface area is 208 Å².